The van der Waals surface area contributed by atoms with E-state index in [0.29, 0.717) is 18.5 Å². The molecule has 5 nitrogen and oxygen atoms in total. The molecule has 0 fully saturated rings. The van der Waals surface area contributed by atoms with Crippen LogP contribution in [-0.2, 0) is 22.1 Å². The number of rotatable bonds is 6. The number of likely N-dealkylation sites (N-methyl/N-ethyl adjacent to an activating group) is 1. The quantitative estimate of drug-likeness (QED) is 0.845. The zero-order chi connectivity index (χ0) is 19.2. The minimum atomic E-state index is -4.46. The van der Waals surface area contributed by atoms with Gasteiger partial charge < -0.3 is 9.88 Å². The maximum atomic E-state index is 12.1. The van der Waals surface area contributed by atoms with Gasteiger partial charge in [0.1, 0.15) is 0 Å². The smallest absolute Gasteiger partial charge is 0.215 e. The molecular weight excluding hydrogens is 274 g/mol. The summed E-state index contributed by atoms with van der Waals surface area (Å²) in [6.45, 7) is 0.666. The molecule has 2 N–H and O–H groups in total. The van der Waals surface area contributed by atoms with Gasteiger partial charge in [-0.05, 0) is 50.8 Å². The lowest BCUT2D eigenvalue weighted by atomic mass is 10.1. The molecule has 0 amide bonds. The molecule has 0 aliphatic carbocycles. The SMILES string of the molecule is [2H]c1c(C([2H])([2H])S(=O)(=O)NC)c([2H])c2c(CCN(C)C)c[nH]c2c1[2H]. The Hall–Kier alpha value is -1.37. The number of H-pyrrole nitrogens is 1. The second kappa shape index (κ2) is 5.95. The van der Waals surface area contributed by atoms with E-state index in [1.807, 2.05) is 23.7 Å². The molecule has 110 valence electrons. The summed E-state index contributed by atoms with van der Waals surface area (Å²) in [5.74, 6) is 0. The van der Waals surface area contributed by atoms with Crippen LogP contribution in [0.2, 0.25) is 0 Å². The van der Waals surface area contributed by atoms with E-state index >= 15 is 0 Å². The molecule has 0 spiro atoms. The number of nitrogens with one attached hydrogen (secondary N) is 2. The molecule has 1 aromatic heterocycles. The number of aromatic nitrogens is 1. The third kappa shape index (κ3) is 3.59. The minimum absolute atomic E-state index is 0.241. The van der Waals surface area contributed by atoms with Crippen LogP contribution in [0.25, 0.3) is 10.9 Å². The number of hydrogen-bond donors (Lipinski definition) is 2. The van der Waals surface area contributed by atoms with E-state index in [0.717, 1.165) is 7.05 Å². The van der Waals surface area contributed by atoms with Gasteiger partial charge in [-0.25, -0.2) is 13.1 Å². The van der Waals surface area contributed by atoms with Crippen LogP contribution >= 0.6 is 0 Å². The summed E-state index contributed by atoms with van der Waals surface area (Å²) in [5, 5.41) is 0.285. The van der Waals surface area contributed by atoms with E-state index in [1.54, 1.807) is 6.20 Å². The Morgan fingerprint density at radius 1 is 1.45 bits per heavy atom. The molecule has 0 aliphatic heterocycles. The molecule has 20 heavy (non-hydrogen) atoms. The van der Waals surface area contributed by atoms with Crippen LogP contribution < -0.4 is 4.72 Å². The predicted molar refractivity (Wildman–Crippen MR) is 82.2 cm³/mol. The Morgan fingerprint density at radius 3 is 2.85 bits per heavy atom. The molecular formula is C14H21N3O2S. The van der Waals surface area contributed by atoms with Crippen LogP contribution in [0.5, 0.6) is 0 Å². The van der Waals surface area contributed by atoms with E-state index < -0.39 is 27.3 Å². The number of aromatic amines is 1. The number of nitrogens with zero attached hydrogens (tertiary/aromatic N) is 1. The lowest BCUT2D eigenvalue weighted by Gasteiger charge is -2.08. The van der Waals surface area contributed by atoms with E-state index in [-0.39, 0.29) is 23.0 Å². The van der Waals surface area contributed by atoms with Gasteiger partial charge in [-0.1, -0.05) is 6.04 Å². The lowest BCUT2D eigenvalue weighted by molar-refractivity contribution is 0.414. The number of hydrogen-bond acceptors (Lipinski definition) is 3. The molecule has 2 rings (SSSR count). The van der Waals surface area contributed by atoms with Crippen molar-refractivity contribution >= 4 is 20.9 Å². The van der Waals surface area contributed by atoms with Crippen LogP contribution in [-0.4, -0.2) is 46.0 Å². The van der Waals surface area contributed by atoms with Crippen molar-refractivity contribution < 1.29 is 15.3 Å². The summed E-state index contributed by atoms with van der Waals surface area (Å²) < 4.78 is 66.6. The van der Waals surface area contributed by atoms with Crippen LogP contribution in [0.3, 0.4) is 0 Å². The number of sulfonamides is 1. The van der Waals surface area contributed by atoms with E-state index in [9.17, 15) is 8.42 Å². The molecule has 2 aromatic rings. The van der Waals surface area contributed by atoms with Gasteiger partial charge in [-0.3, -0.25) is 0 Å². The maximum absolute atomic E-state index is 12.1. The van der Waals surface area contributed by atoms with Crippen LogP contribution in [0.4, 0.5) is 0 Å². The highest BCUT2D eigenvalue weighted by Crippen LogP contribution is 2.21. The van der Waals surface area contributed by atoms with Crippen LogP contribution in [0.1, 0.15) is 18.0 Å². The summed E-state index contributed by atoms with van der Waals surface area (Å²) in [7, 11) is 0.381. The molecule has 0 atom stereocenters. The Bertz CT molecular complexity index is 909. The second-order valence-corrected chi connectivity index (χ2v) is 6.30. The van der Waals surface area contributed by atoms with Crippen molar-refractivity contribution in [2.45, 2.75) is 12.1 Å². The Morgan fingerprint density at radius 2 is 2.20 bits per heavy atom. The molecule has 1 aromatic carbocycles. The summed E-state index contributed by atoms with van der Waals surface area (Å²) in [5.41, 5.74) is -2.70. The monoisotopic (exact) mass is 300 g/mol. The first kappa shape index (κ1) is 9.55. The van der Waals surface area contributed by atoms with Gasteiger partial charge in [0, 0.05) is 26.4 Å². The molecule has 0 bridgehead atoms. The molecule has 0 saturated heterocycles. The molecule has 0 saturated carbocycles. The van der Waals surface area contributed by atoms with Crippen molar-refractivity contribution in [3.05, 3.63) is 35.5 Å². The highest BCUT2D eigenvalue weighted by Gasteiger charge is 2.11. The highest BCUT2D eigenvalue weighted by molar-refractivity contribution is 7.88. The summed E-state index contributed by atoms with van der Waals surface area (Å²) in [6.07, 6.45) is 2.16. The fraction of sp³-hybridized carbons (Fsp3) is 0.429. The second-order valence-electron chi connectivity index (χ2n) is 4.68. The summed E-state index contributed by atoms with van der Waals surface area (Å²) >= 11 is 0. The molecule has 0 unspecified atom stereocenters. The molecule has 1 heterocycles. The zero-order valence-electron chi connectivity index (χ0n) is 16.7. The molecule has 0 radical (unpaired) electrons. The van der Waals surface area contributed by atoms with Gasteiger partial charge in [0.05, 0.1) is 9.82 Å². The van der Waals surface area contributed by atoms with Crippen LogP contribution in [0.15, 0.2) is 24.3 Å². The standard InChI is InChI=1S/C14H21N3O2S/c1-15-20(18,19)10-11-4-5-14-13(8-11)12(9-16-14)6-7-17(2)3/h4-5,8-9,15-16H,6-7,10H2,1-3H3/i4D,5D,8D,10D2. The molecule has 6 heteroatoms. The highest BCUT2D eigenvalue weighted by atomic mass is 32.2. The maximum Gasteiger partial charge on any atom is 0.215 e. The largest absolute Gasteiger partial charge is 0.361 e. The Labute approximate surface area is 127 Å². The van der Waals surface area contributed by atoms with Crippen molar-refractivity contribution in [1.82, 2.24) is 14.6 Å². The first-order chi connectivity index (χ1) is 11.5. The zero-order valence-corrected chi connectivity index (χ0v) is 12.5. The number of fused-ring (bicyclic) bond motifs is 1. The number of benzene rings is 1. The van der Waals surface area contributed by atoms with Gasteiger partial charge in [-0.2, -0.15) is 0 Å². The van der Waals surface area contributed by atoms with Gasteiger partial charge in [-0.15, -0.1) is 0 Å². The average molecular weight is 300 g/mol. The Balaban J connectivity index is 2.80. The van der Waals surface area contributed by atoms with E-state index in [2.05, 4.69) is 4.98 Å². The van der Waals surface area contributed by atoms with E-state index in [1.165, 1.54) is 0 Å². The van der Waals surface area contributed by atoms with Crippen molar-refractivity contribution in [1.29, 1.82) is 0 Å². The van der Waals surface area contributed by atoms with Crippen molar-refractivity contribution in [2.24, 2.45) is 0 Å². The van der Waals surface area contributed by atoms with Crippen molar-refractivity contribution in [3.8, 4) is 0 Å². The van der Waals surface area contributed by atoms with Gasteiger partial charge in [0.2, 0.25) is 10.0 Å². The van der Waals surface area contributed by atoms with Gasteiger partial charge in [0.25, 0.3) is 0 Å². The fourth-order valence-electron chi connectivity index (χ4n) is 1.76. The van der Waals surface area contributed by atoms with Crippen molar-refractivity contribution in [2.75, 3.05) is 27.7 Å². The first-order valence-corrected chi connectivity index (χ1v) is 7.62. The van der Waals surface area contributed by atoms with Gasteiger partial charge >= 0.3 is 0 Å². The third-order valence-corrected chi connectivity index (χ3v) is 3.87. The van der Waals surface area contributed by atoms with Crippen molar-refractivity contribution in [3.63, 3.8) is 0 Å². The first-order valence-electron chi connectivity index (χ1n) is 8.63. The summed E-state index contributed by atoms with van der Waals surface area (Å²) in [6, 6.07) is -1.32. The third-order valence-electron chi connectivity index (χ3n) is 2.86. The average Bonchev–Trinajstić information content (AvgIpc) is 2.94. The van der Waals surface area contributed by atoms with E-state index in [4.69, 9.17) is 6.85 Å². The fourth-order valence-corrected chi connectivity index (χ4v) is 2.24. The summed E-state index contributed by atoms with van der Waals surface area (Å²) in [4.78, 5) is 4.80. The molecule has 0 aliphatic rings. The topological polar surface area (TPSA) is 65.2 Å². The van der Waals surface area contributed by atoms with Gasteiger partial charge in [0.15, 0.2) is 0 Å². The normalized spacial score (nSPS) is 16.7. The minimum Gasteiger partial charge on any atom is -0.361 e. The predicted octanol–water partition coefficient (Wildman–Crippen LogP) is 1.32. The lowest BCUT2D eigenvalue weighted by Crippen LogP contribution is -2.20. The van der Waals surface area contributed by atoms with Crippen LogP contribution in [0, 0.1) is 0 Å². The Kier molecular flexibility index (Phi) is 2.84.